The predicted molar refractivity (Wildman–Crippen MR) is 224 cm³/mol. The predicted octanol–water partition coefficient (Wildman–Crippen LogP) is 13.4. The Morgan fingerprint density at radius 3 is 1.46 bits per heavy atom. The van der Waals surface area contributed by atoms with Crippen molar-refractivity contribution in [3.63, 3.8) is 0 Å². The van der Waals surface area contributed by atoms with Crippen molar-refractivity contribution in [2.75, 3.05) is 0 Å². The molecule has 0 unspecified atom stereocenters. The summed E-state index contributed by atoms with van der Waals surface area (Å²) in [7, 11) is 0. The van der Waals surface area contributed by atoms with E-state index in [-0.39, 0.29) is 10.8 Å². The van der Waals surface area contributed by atoms with Gasteiger partial charge in [0.25, 0.3) is 0 Å². The highest BCUT2D eigenvalue weighted by Crippen LogP contribution is 2.56. The van der Waals surface area contributed by atoms with E-state index in [9.17, 15) is 0 Å². The summed E-state index contributed by atoms with van der Waals surface area (Å²) in [6.07, 6.45) is 0. The summed E-state index contributed by atoms with van der Waals surface area (Å²) < 4.78 is 0. The molecule has 2 aliphatic carbocycles. The van der Waals surface area contributed by atoms with Crippen LogP contribution < -0.4 is 0 Å². The Hall–Kier alpha value is -6.38. The molecule has 0 radical (unpaired) electrons. The summed E-state index contributed by atoms with van der Waals surface area (Å²) in [5.41, 5.74) is 20.6. The molecule has 1 aromatic heterocycles. The zero-order valence-electron chi connectivity index (χ0n) is 31.1. The summed E-state index contributed by atoms with van der Waals surface area (Å²) in [4.78, 5) is 10.3. The fourth-order valence-electron chi connectivity index (χ4n) is 8.91. The molecule has 0 bridgehead atoms. The molecule has 10 rings (SSSR count). The van der Waals surface area contributed by atoms with Crippen molar-refractivity contribution in [3.05, 3.63) is 192 Å². The standard InChI is InChI=1S/C52H40N2/c1-51(2)44-21-12-11-20-40(44)42-30-47-43(31-46(42)51)41-29-38(26-27-45(41)52(47,3)4)37-18-13-19-39(28-37)49-32-48(53-50(54-49)36-16-9-6-10-17-36)35-24-22-34(23-25-35)33-14-7-5-8-15-33/h5-32H,1-4H3. The van der Waals surface area contributed by atoms with Crippen LogP contribution in [0.1, 0.15) is 49.9 Å². The minimum Gasteiger partial charge on any atom is -0.228 e. The first-order chi connectivity index (χ1) is 26.3. The Bertz CT molecular complexity index is 2740. The SMILES string of the molecule is CC1(C)c2ccccc2-c2cc3c(cc21)-c1cc(-c2cccc(-c4cc(-c5ccc(-c6ccccc6)cc5)nc(-c5ccccc5)n4)c2)ccc1C3(C)C. The first-order valence-electron chi connectivity index (χ1n) is 18.9. The number of nitrogens with zero attached hydrogens (tertiary/aromatic N) is 2. The summed E-state index contributed by atoms with van der Waals surface area (Å²) >= 11 is 0. The lowest BCUT2D eigenvalue weighted by Gasteiger charge is -2.24. The first kappa shape index (κ1) is 32.3. The van der Waals surface area contributed by atoms with E-state index in [4.69, 9.17) is 9.97 Å². The highest BCUT2D eigenvalue weighted by Gasteiger charge is 2.41. The number of fused-ring (bicyclic) bond motifs is 6. The maximum Gasteiger partial charge on any atom is 0.160 e. The van der Waals surface area contributed by atoms with Crippen LogP contribution in [0.3, 0.4) is 0 Å². The van der Waals surface area contributed by atoms with E-state index in [1.807, 2.05) is 18.2 Å². The lowest BCUT2D eigenvalue weighted by atomic mass is 9.79. The molecule has 7 aromatic carbocycles. The van der Waals surface area contributed by atoms with Crippen LogP contribution >= 0.6 is 0 Å². The van der Waals surface area contributed by atoms with Gasteiger partial charge in [-0.3, -0.25) is 0 Å². The molecule has 54 heavy (non-hydrogen) atoms. The minimum absolute atomic E-state index is 0.0429. The van der Waals surface area contributed by atoms with Crippen molar-refractivity contribution in [1.82, 2.24) is 9.97 Å². The van der Waals surface area contributed by atoms with E-state index in [0.29, 0.717) is 0 Å². The monoisotopic (exact) mass is 692 g/mol. The van der Waals surface area contributed by atoms with Gasteiger partial charge in [0, 0.05) is 27.5 Å². The maximum atomic E-state index is 5.16. The van der Waals surface area contributed by atoms with E-state index >= 15 is 0 Å². The maximum absolute atomic E-state index is 5.16. The molecule has 0 saturated carbocycles. The van der Waals surface area contributed by atoms with Gasteiger partial charge in [-0.05, 0) is 97.1 Å². The Balaban J connectivity index is 1.06. The van der Waals surface area contributed by atoms with Gasteiger partial charge in [-0.25, -0.2) is 9.97 Å². The lowest BCUT2D eigenvalue weighted by molar-refractivity contribution is 0.652. The molecular weight excluding hydrogens is 653 g/mol. The first-order valence-corrected chi connectivity index (χ1v) is 18.9. The zero-order chi connectivity index (χ0) is 36.6. The Morgan fingerprint density at radius 2 is 0.759 bits per heavy atom. The normalized spacial score (nSPS) is 14.2. The zero-order valence-corrected chi connectivity index (χ0v) is 31.1. The highest BCUT2D eigenvalue weighted by atomic mass is 14.9. The summed E-state index contributed by atoms with van der Waals surface area (Å²) in [6.45, 7) is 9.49. The molecule has 8 aromatic rings. The van der Waals surface area contributed by atoms with Crippen molar-refractivity contribution in [1.29, 1.82) is 0 Å². The van der Waals surface area contributed by atoms with E-state index in [1.54, 1.807) is 0 Å². The molecule has 0 fully saturated rings. The average molecular weight is 693 g/mol. The van der Waals surface area contributed by atoms with E-state index < -0.39 is 0 Å². The topological polar surface area (TPSA) is 25.8 Å². The minimum atomic E-state index is -0.0910. The van der Waals surface area contributed by atoms with Crippen LogP contribution in [0.4, 0.5) is 0 Å². The Labute approximate surface area is 317 Å². The smallest absolute Gasteiger partial charge is 0.160 e. The Kier molecular flexibility index (Phi) is 7.22. The number of benzene rings is 7. The van der Waals surface area contributed by atoms with Gasteiger partial charge in [0.2, 0.25) is 0 Å². The van der Waals surface area contributed by atoms with Gasteiger partial charge < -0.3 is 0 Å². The van der Waals surface area contributed by atoms with Crippen LogP contribution in [-0.4, -0.2) is 9.97 Å². The van der Waals surface area contributed by atoms with Crippen LogP contribution in [0.2, 0.25) is 0 Å². The number of hydrogen-bond acceptors (Lipinski definition) is 2. The third-order valence-corrected chi connectivity index (χ3v) is 11.9. The third-order valence-electron chi connectivity index (χ3n) is 11.9. The number of aromatic nitrogens is 2. The van der Waals surface area contributed by atoms with E-state index in [1.165, 1.54) is 66.8 Å². The van der Waals surface area contributed by atoms with Gasteiger partial charge in [0.1, 0.15) is 0 Å². The molecule has 0 atom stereocenters. The van der Waals surface area contributed by atoms with Crippen molar-refractivity contribution < 1.29 is 0 Å². The average Bonchev–Trinajstić information content (AvgIpc) is 3.59. The molecule has 2 heteroatoms. The van der Waals surface area contributed by atoms with Gasteiger partial charge in [0.15, 0.2) is 5.82 Å². The fourth-order valence-corrected chi connectivity index (χ4v) is 8.91. The molecule has 0 amide bonds. The van der Waals surface area contributed by atoms with Crippen LogP contribution in [0.25, 0.3) is 78.4 Å². The van der Waals surface area contributed by atoms with E-state index in [0.717, 1.165) is 33.9 Å². The van der Waals surface area contributed by atoms with Crippen LogP contribution in [0.15, 0.2) is 170 Å². The largest absolute Gasteiger partial charge is 0.228 e. The van der Waals surface area contributed by atoms with Gasteiger partial charge in [-0.15, -0.1) is 0 Å². The summed E-state index contributed by atoms with van der Waals surface area (Å²) in [6, 6.07) is 61.4. The second-order valence-corrected chi connectivity index (χ2v) is 15.9. The lowest BCUT2D eigenvalue weighted by Crippen LogP contribution is -2.16. The van der Waals surface area contributed by atoms with Crippen molar-refractivity contribution in [3.8, 4) is 78.4 Å². The molecule has 0 saturated heterocycles. The summed E-state index contributed by atoms with van der Waals surface area (Å²) in [5.74, 6) is 0.717. The third kappa shape index (κ3) is 5.09. The van der Waals surface area contributed by atoms with E-state index in [2.05, 4.69) is 179 Å². The molecule has 0 aliphatic heterocycles. The van der Waals surface area contributed by atoms with Crippen LogP contribution in [0.5, 0.6) is 0 Å². The van der Waals surface area contributed by atoms with Gasteiger partial charge in [-0.1, -0.05) is 167 Å². The molecule has 1 heterocycles. The molecule has 2 nitrogen and oxygen atoms in total. The summed E-state index contributed by atoms with van der Waals surface area (Å²) in [5, 5.41) is 0. The van der Waals surface area contributed by atoms with Crippen LogP contribution in [-0.2, 0) is 10.8 Å². The molecule has 0 spiro atoms. The molecule has 2 aliphatic rings. The highest BCUT2D eigenvalue weighted by molar-refractivity contribution is 5.91. The quantitative estimate of drug-likeness (QED) is 0.179. The number of rotatable bonds is 5. The second-order valence-electron chi connectivity index (χ2n) is 15.9. The van der Waals surface area contributed by atoms with Gasteiger partial charge >= 0.3 is 0 Å². The molecular formula is C52H40N2. The van der Waals surface area contributed by atoms with Crippen molar-refractivity contribution in [2.24, 2.45) is 0 Å². The Morgan fingerprint density at radius 1 is 0.296 bits per heavy atom. The second kappa shape index (κ2) is 12.1. The van der Waals surface area contributed by atoms with Gasteiger partial charge in [0.05, 0.1) is 11.4 Å². The van der Waals surface area contributed by atoms with Crippen molar-refractivity contribution in [2.45, 2.75) is 38.5 Å². The fraction of sp³-hybridized carbons (Fsp3) is 0.115. The van der Waals surface area contributed by atoms with Crippen molar-refractivity contribution >= 4 is 0 Å². The van der Waals surface area contributed by atoms with Crippen LogP contribution in [0, 0.1) is 0 Å². The van der Waals surface area contributed by atoms with Gasteiger partial charge in [-0.2, -0.15) is 0 Å². The number of hydrogen-bond donors (Lipinski definition) is 0. The molecule has 258 valence electrons. The molecule has 0 N–H and O–H groups in total.